The molecule has 2 amide bonds. The van der Waals surface area contributed by atoms with Crippen molar-refractivity contribution in [3.63, 3.8) is 0 Å². The van der Waals surface area contributed by atoms with Gasteiger partial charge in [-0.05, 0) is 89.1 Å². The Labute approximate surface area is 259 Å². The van der Waals surface area contributed by atoms with Gasteiger partial charge in [0.2, 0.25) is 5.91 Å². The Bertz CT molecular complexity index is 1440. The quantitative estimate of drug-likeness (QED) is 0.237. The molecule has 42 heavy (non-hydrogen) atoms. The summed E-state index contributed by atoms with van der Waals surface area (Å²) in [7, 11) is 3.29. The van der Waals surface area contributed by atoms with Gasteiger partial charge >= 0.3 is 0 Å². The Balaban J connectivity index is 1.12. The van der Waals surface area contributed by atoms with Gasteiger partial charge in [-0.2, -0.15) is 0 Å². The summed E-state index contributed by atoms with van der Waals surface area (Å²) in [4.78, 5) is 34.4. The average molecular weight is 652 g/mol. The first-order valence-electron chi connectivity index (χ1n) is 14.0. The third kappa shape index (κ3) is 7.29. The number of piperazine rings is 1. The molecular weight excluding hydrogens is 616 g/mol. The second-order valence-corrected chi connectivity index (χ2v) is 12.0. The second kappa shape index (κ2) is 14.1. The molecule has 1 N–H and O–H groups in total. The first-order chi connectivity index (χ1) is 20.4. The molecule has 2 heterocycles. The van der Waals surface area contributed by atoms with E-state index in [0.29, 0.717) is 11.4 Å². The summed E-state index contributed by atoms with van der Waals surface area (Å²) in [6.07, 6.45) is 2.71. The van der Waals surface area contributed by atoms with E-state index in [1.165, 1.54) is 17.4 Å². The maximum Gasteiger partial charge on any atom is 0.265 e. The van der Waals surface area contributed by atoms with Crippen LogP contribution in [0.5, 0.6) is 11.5 Å². The molecule has 10 heteroatoms. The number of fused-ring (bicyclic) bond motifs is 1. The Morgan fingerprint density at radius 2 is 1.76 bits per heavy atom. The average Bonchev–Trinajstić information content (AvgIpc) is 3.02. The molecule has 3 aromatic rings. The monoisotopic (exact) mass is 650 g/mol. The minimum Gasteiger partial charge on any atom is -0.497 e. The van der Waals surface area contributed by atoms with E-state index in [1.807, 2.05) is 60.7 Å². The number of nitrogens with zero attached hydrogens (tertiary/aromatic N) is 3. The van der Waals surface area contributed by atoms with Crippen LogP contribution in [0.3, 0.4) is 0 Å². The number of anilines is 2. The lowest BCUT2D eigenvalue weighted by Crippen LogP contribution is -2.47. The molecule has 2 aliphatic rings. The third-order valence-electron chi connectivity index (χ3n) is 7.39. The Hall–Kier alpha value is -3.47. The van der Waals surface area contributed by atoms with Crippen LogP contribution in [0.15, 0.2) is 81.0 Å². The minimum atomic E-state index is -0.185. The number of halogens is 1. The molecule has 5 rings (SSSR count). The van der Waals surface area contributed by atoms with Gasteiger partial charge in [-0.3, -0.25) is 19.4 Å². The number of hydrogen-bond acceptors (Lipinski definition) is 7. The molecule has 0 aromatic heterocycles. The van der Waals surface area contributed by atoms with Crippen LogP contribution in [-0.2, 0) is 9.59 Å². The molecule has 1 fully saturated rings. The summed E-state index contributed by atoms with van der Waals surface area (Å²) in [5.41, 5.74) is 2.84. The molecule has 0 radical (unpaired) electrons. The van der Waals surface area contributed by atoms with Gasteiger partial charge in [0.05, 0.1) is 29.3 Å². The van der Waals surface area contributed by atoms with E-state index in [9.17, 15) is 9.59 Å². The van der Waals surface area contributed by atoms with Crippen LogP contribution in [0, 0.1) is 0 Å². The van der Waals surface area contributed by atoms with Crippen LogP contribution < -0.4 is 24.6 Å². The Morgan fingerprint density at radius 1 is 1.00 bits per heavy atom. The lowest BCUT2D eigenvalue weighted by molar-refractivity contribution is -0.122. The molecule has 0 atom stereocenters. The van der Waals surface area contributed by atoms with Crippen LogP contribution in [0.25, 0.3) is 6.08 Å². The van der Waals surface area contributed by atoms with Crippen LogP contribution in [0.4, 0.5) is 11.4 Å². The summed E-state index contributed by atoms with van der Waals surface area (Å²) < 4.78 is 11.4. The van der Waals surface area contributed by atoms with Crippen molar-refractivity contribution in [1.29, 1.82) is 0 Å². The van der Waals surface area contributed by atoms with E-state index >= 15 is 0 Å². The van der Waals surface area contributed by atoms with Crippen molar-refractivity contribution < 1.29 is 19.1 Å². The molecular formula is C32H35BrN4O4S. The molecule has 1 saturated heterocycles. The van der Waals surface area contributed by atoms with E-state index in [2.05, 4.69) is 43.2 Å². The van der Waals surface area contributed by atoms with Crippen molar-refractivity contribution >= 4 is 57.0 Å². The first-order valence-corrected chi connectivity index (χ1v) is 15.6. The van der Waals surface area contributed by atoms with Gasteiger partial charge in [0.1, 0.15) is 18.0 Å². The lowest BCUT2D eigenvalue weighted by atomic mass is 10.2. The highest BCUT2D eigenvalue weighted by atomic mass is 79.9. The Morgan fingerprint density at radius 3 is 2.48 bits per heavy atom. The largest absolute Gasteiger partial charge is 0.497 e. The highest BCUT2D eigenvalue weighted by molar-refractivity contribution is 9.10. The summed E-state index contributed by atoms with van der Waals surface area (Å²) in [6.45, 7) is 5.36. The van der Waals surface area contributed by atoms with Crippen molar-refractivity contribution in [2.75, 3.05) is 69.8 Å². The zero-order chi connectivity index (χ0) is 29.5. The normalized spacial score (nSPS) is 16.4. The van der Waals surface area contributed by atoms with Gasteiger partial charge in [0.25, 0.3) is 5.91 Å². The van der Waals surface area contributed by atoms with E-state index in [4.69, 9.17) is 9.47 Å². The highest BCUT2D eigenvalue weighted by Gasteiger charge is 2.30. The number of rotatable bonds is 10. The topological polar surface area (TPSA) is 74.4 Å². The van der Waals surface area contributed by atoms with E-state index in [-0.39, 0.29) is 18.4 Å². The van der Waals surface area contributed by atoms with Crippen molar-refractivity contribution in [3.05, 3.63) is 81.7 Å². The number of amides is 2. The van der Waals surface area contributed by atoms with Crippen molar-refractivity contribution in [3.8, 4) is 11.5 Å². The number of nitrogens with one attached hydrogen (secondary N) is 1. The zero-order valence-electron chi connectivity index (χ0n) is 23.8. The summed E-state index contributed by atoms with van der Waals surface area (Å²) in [6, 6.07) is 21.6. The predicted octanol–water partition coefficient (Wildman–Crippen LogP) is 5.27. The van der Waals surface area contributed by atoms with Gasteiger partial charge in [0.15, 0.2) is 0 Å². The SMILES string of the molecule is COc1ccc(N2CCN(CCCNC(=O)CN3C(=O)/C(=C\c4ccc(OC)c(Br)c4)Sc4ccccc43)CC2)cc1. The smallest absolute Gasteiger partial charge is 0.265 e. The molecule has 0 bridgehead atoms. The predicted molar refractivity (Wildman–Crippen MR) is 173 cm³/mol. The number of thioether (sulfide) groups is 1. The molecule has 3 aromatic carbocycles. The van der Waals surface area contributed by atoms with Gasteiger partial charge in [-0.1, -0.05) is 30.0 Å². The number of benzene rings is 3. The first kappa shape index (κ1) is 30.0. The van der Waals surface area contributed by atoms with Crippen molar-refractivity contribution in [1.82, 2.24) is 10.2 Å². The van der Waals surface area contributed by atoms with Gasteiger partial charge < -0.3 is 19.7 Å². The van der Waals surface area contributed by atoms with Crippen LogP contribution >= 0.6 is 27.7 Å². The van der Waals surface area contributed by atoms with Crippen LogP contribution in [0.2, 0.25) is 0 Å². The molecule has 0 spiro atoms. The molecule has 2 aliphatic heterocycles. The minimum absolute atomic E-state index is 0.0272. The number of carbonyl (C=O) groups excluding carboxylic acids is 2. The van der Waals surface area contributed by atoms with Crippen LogP contribution in [-0.4, -0.2) is 76.7 Å². The molecule has 8 nitrogen and oxygen atoms in total. The highest BCUT2D eigenvalue weighted by Crippen LogP contribution is 2.42. The van der Waals surface area contributed by atoms with Gasteiger partial charge in [0, 0.05) is 43.3 Å². The number of hydrogen-bond donors (Lipinski definition) is 1. The third-order valence-corrected chi connectivity index (χ3v) is 9.09. The van der Waals surface area contributed by atoms with Crippen molar-refractivity contribution in [2.45, 2.75) is 11.3 Å². The summed E-state index contributed by atoms with van der Waals surface area (Å²) >= 11 is 4.93. The number of ether oxygens (including phenoxy) is 2. The maximum atomic E-state index is 13.5. The lowest BCUT2D eigenvalue weighted by Gasteiger charge is -2.36. The number of methoxy groups -OCH3 is 2. The maximum absolute atomic E-state index is 13.5. The molecule has 220 valence electrons. The summed E-state index contributed by atoms with van der Waals surface area (Å²) in [5.74, 6) is 1.24. The number of para-hydroxylation sites is 1. The number of carbonyl (C=O) groups is 2. The van der Waals surface area contributed by atoms with Gasteiger partial charge in [-0.25, -0.2) is 0 Å². The molecule has 0 saturated carbocycles. The van der Waals surface area contributed by atoms with Crippen LogP contribution in [0.1, 0.15) is 12.0 Å². The Kier molecular flexibility index (Phi) is 10.1. The fourth-order valence-electron chi connectivity index (χ4n) is 5.10. The van der Waals surface area contributed by atoms with Crippen molar-refractivity contribution in [2.24, 2.45) is 0 Å². The van der Waals surface area contributed by atoms with E-state index in [1.54, 1.807) is 19.1 Å². The van der Waals surface area contributed by atoms with Gasteiger partial charge in [-0.15, -0.1) is 0 Å². The fraction of sp³-hybridized carbons (Fsp3) is 0.312. The second-order valence-electron chi connectivity index (χ2n) is 10.1. The summed E-state index contributed by atoms with van der Waals surface area (Å²) in [5, 5.41) is 3.02. The molecule has 0 unspecified atom stereocenters. The van der Waals surface area contributed by atoms with E-state index < -0.39 is 0 Å². The van der Waals surface area contributed by atoms with E-state index in [0.717, 1.165) is 71.3 Å². The fourth-order valence-corrected chi connectivity index (χ4v) is 6.71. The standard InChI is InChI=1S/C32H35BrN4O4S/c1-40-25-11-9-24(10-12-25)36-18-16-35(17-19-36)15-5-14-34-31(38)22-37-27-6-3-4-7-29(27)42-30(32(37)39)21-23-8-13-28(41-2)26(33)20-23/h3-4,6-13,20-21H,5,14-19,22H2,1-2H3,(H,34,38)/b30-21+. The zero-order valence-corrected chi connectivity index (χ0v) is 26.2. The molecule has 0 aliphatic carbocycles.